The third-order valence-electron chi connectivity index (χ3n) is 3.18. The molecule has 0 atom stereocenters. The number of nitrogens with one attached hydrogen (secondary N) is 1. The molecule has 2 aromatic rings. The average Bonchev–Trinajstić information content (AvgIpc) is 2.50. The molecule has 0 aliphatic rings. The van der Waals surface area contributed by atoms with Crippen LogP contribution in [0.15, 0.2) is 36.4 Å². The lowest BCUT2D eigenvalue weighted by Gasteiger charge is -2.12. The fraction of sp³-hybridized carbons (Fsp3) is 0.412. The second kappa shape index (κ2) is 7.74. The van der Waals surface area contributed by atoms with E-state index in [0.717, 1.165) is 31.0 Å². The maximum absolute atomic E-state index is 5.86. The zero-order valence-corrected chi connectivity index (χ0v) is 13.0. The van der Waals surface area contributed by atoms with E-state index in [1.807, 2.05) is 30.3 Å². The van der Waals surface area contributed by atoms with E-state index in [0.29, 0.717) is 11.8 Å². The Labute approximate surface area is 126 Å². The lowest BCUT2D eigenvalue weighted by atomic mass is 10.0. The topological polar surface area (TPSA) is 47.0 Å². The Bertz CT molecular complexity index is 552. The minimum atomic E-state index is 0.409. The molecule has 21 heavy (non-hydrogen) atoms. The summed E-state index contributed by atoms with van der Waals surface area (Å²) in [6, 6.07) is 11.9. The molecule has 0 unspecified atom stereocenters. The highest BCUT2D eigenvalue weighted by atomic mass is 16.5. The Kier molecular flexibility index (Phi) is 5.69. The molecular weight excluding hydrogens is 262 g/mol. The minimum Gasteiger partial charge on any atom is -0.437 e. The number of nitrogens with zero attached hydrogens (tertiary/aromatic N) is 2. The molecule has 0 bridgehead atoms. The van der Waals surface area contributed by atoms with Gasteiger partial charge in [0.2, 0.25) is 5.88 Å². The van der Waals surface area contributed by atoms with Crippen LogP contribution >= 0.6 is 0 Å². The standard InChI is InChI=1S/C17H23N3O/c1-4-11-18-12-14-9-10-17(20-19-14)21-16-8-6-5-7-15(16)13(2)3/h5-10,13,18H,4,11-12H2,1-3H3. The second-order valence-electron chi connectivity index (χ2n) is 5.33. The van der Waals surface area contributed by atoms with E-state index in [4.69, 9.17) is 4.74 Å². The Balaban J connectivity index is 2.03. The summed E-state index contributed by atoms with van der Waals surface area (Å²) in [5.41, 5.74) is 2.10. The van der Waals surface area contributed by atoms with Crippen LogP contribution in [0.25, 0.3) is 0 Å². The first-order valence-corrected chi connectivity index (χ1v) is 7.50. The van der Waals surface area contributed by atoms with Crippen LogP contribution in [0.1, 0.15) is 44.4 Å². The van der Waals surface area contributed by atoms with Crippen molar-refractivity contribution in [3.05, 3.63) is 47.7 Å². The number of hydrogen-bond acceptors (Lipinski definition) is 4. The van der Waals surface area contributed by atoms with E-state index in [-0.39, 0.29) is 0 Å². The normalized spacial score (nSPS) is 10.9. The van der Waals surface area contributed by atoms with Crippen molar-refractivity contribution in [1.29, 1.82) is 0 Å². The van der Waals surface area contributed by atoms with E-state index in [2.05, 4.69) is 42.4 Å². The molecule has 4 heteroatoms. The Morgan fingerprint density at radius 2 is 1.90 bits per heavy atom. The van der Waals surface area contributed by atoms with Crippen LogP contribution in [0, 0.1) is 0 Å². The lowest BCUT2D eigenvalue weighted by molar-refractivity contribution is 0.445. The molecule has 0 fully saturated rings. The van der Waals surface area contributed by atoms with Crippen molar-refractivity contribution in [2.24, 2.45) is 0 Å². The van der Waals surface area contributed by atoms with Crippen molar-refractivity contribution in [3.8, 4) is 11.6 Å². The molecule has 0 spiro atoms. The Morgan fingerprint density at radius 3 is 2.57 bits per heavy atom. The number of para-hydroxylation sites is 1. The minimum absolute atomic E-state index is 0.409. The molecule has 1 heterocycles. The lowest BCUT2D eigenvalue weighted by Crippen LogP contribution is -2.15. The molecule has 2 rings (SSSR count). The predicted molar refractivity (Wildman–Crippen MR) is 84.6 cm³/mol. The number of benzene rings is 1. The fourth-order valence-electron chi connectivity index (χ4n) is 2.05. The van der Waals surface area contributed by atoms with Gasteiger partial charge < -0.3 is 10.1 Å². The zero-order valence-electron chi connectivity index (χ0n) is 13.0. The quantitative estimate of drug-likeness (QED) is 0.784. The van der Waals surface area contributed by atoms with Crippen molar-refractivity contribution in [2.45, 2.75) is 39.7 Å². The molecule has 1 N–H and O–H groups in total. The molecule has 1 aromatic carbocycles. The first-order valence-electron chi connectivity index (χ1n) is 7.50. The van der Waals surface area contributed by atoms with Crippen molar-refractivity contribution in [3.63, 3.8) is 0 Å². The summed E-state index contributed by atoms with van der Waals surface area (Å²) in [5.74, 6) is 1.78. The van der Waals surface area contributed by atoms with Crippen LogP contribution in [0.2, 0.25) is 0 Å². The second-order valence-corrected chi connectivity index (χ2v) is 5.33. The van der Waals surface area contributed by atoms with E-state index < -0.39 is 0 Å². The Hall–Kier alpha value is -1.94. The van der Waals surface area contributed by atoms with Gasteiger partial charge in [0.1, 0.15) is 5.75 Å². The summed E-state index contributed by atoms with van der Waals surface area (Å²) in [6.07, 6.45) is 1.11. The van der Waals surface area contributed by atoms with Crippen LogP contribution in [-0.2, 0) is 6.54 Å². The van der Waals surface area contributed by atoms with Crippen molar-refractivity contribution < 1.29 is 4.74 Å². The number of rotatable bonds is 7. The molecule has 4 nitrogen and oxygen atoms in total. The SMILES string of the molecule is CCCNCc1ccc(Oc2ccccc2C(C)C)nn1. The molecule has 1 aromatic heterocycles. The summed E-state index contributed by atoms with van der Waals surface area (Å²) in [7, 11) is 0. The van der Waals surface area contributed by atoms with Crippen LogP contribution in [-0.4, -0.2) is 16.7 Å². The predicted octanol–water partition coefficient (Wildman–Crippen LogP) is 3.89. The number of hydrogen-bond donors (Lipinski definition) is 1. The van der Waals surface area contributed by atoms with E-state index in [1.165, 1.54) is 5.56 Å². The summed E-state index contributed by atoms with van der Waals surface area (Å²) in [6.45, 7) is 8.17. The van der Waals surface area contributed by atoms with Gasteiger partial charge in [-0.15, -0.1) is 5.10 Å². The van der Waals surface area contributed by atoms with Crippen LogP contribution in [0.3, 0.4) is 0 Å². The van der Waals surface area contributed by atoms with Gasteiger partial charge in [0.25, 0.3) is 0 Å². The maximum Gasteiger partial charge on any atom is 0.238 e. The third-order valence-corrected chi connectivity index (χ3v) is 3.18. The van der Waals surface area contributed by atoms with Gasteiger partial charge >= 0.3 is 0 Å². The number of aromatic nitrogens is 2. The van der Waals surface area contributed by atoms with Gasteiger partial charge in [0, 0.05) is 12.6 Å². The zero-order chi connectivity index (χ0) is 15.1. The summed E-state index contributed by atoms with van der Waals surface area (Å²) in [5, 5.41) is 11.6. The average molecular weight is 285 g/mol. The smallest absolute Gasteiger partial charge is 0.238 e. The van der Waals surface area contributed by atoms with Gasteiger partial charge in [-0.1, -0.05) is 39.0 Å². The largest absolute Gasteiger partial charge is 0.437 e. The Morgan fingerprint density at radius 1 is 1.10 bits per heavy atom. The van der Waals surface area contributed by atoms with E-state index in [9.17, 15) is 0 Å². The van der Waals surface area contributed by atoms with Gasteiger partial charge in [-0.2, -0.15) is 5.10 Å². The summed E-state index contributed by atoms with van der Waals surface area (Å²) < 4.78 is 5.86. The molecule has 112 valence electrons. The highest BCUT2D eigenvalue weighted by Crippen LogP contribution is 2.29. The summed E-state index contributed by atoms with van der Waals surface area (Å²) >= 11 is 0. The molecule has 0 radical (unpaired) electrons. The highest BCUT2D eigenvalue weighted by Gasteiger charge is 2.08. The van der Waals surface area contributed by atoms with Crippen molar-refractivity contribution >= 4 is 0 Å². The third kappa shape index (κ3) is 4.53. The molecule has 0 aliphatic carbocycles. The van der Waals surface area contributed by atoms with E-state index in [1.54, 1.807) is 0 Å². The van der Waals surface area contributed by atoms with E-state index >= 15 is 0 Å². The molecule has 0 aliphatic heterocycles. The fourth-order valence-corrected chi connectivity index (χ4v) is 2.05. The first kappa shape index (κ1) is 15.4. The first-order chi connectivity index (χ1) is 10.2. The van der Waals surface area contributed by atoms with Gasteiger partial charge in [0.15, 0.2) is 0 Å². The van der Waals surface area contributed by atoms with Crippen LogP contribution in [0.5, 0.6) is 11.6 Å². The molecular formula is C17H23N3O. The van der Waals surface area contributed by atoms with Crippen LogP contribution < -0.4 is 10.1 Å². The molecule has 0 saturated carbocycles. The highest BCUT2D eigenvalue weighted by molar-refractivity contribution is 5.37. The number of ether oxygens (including phenoxy) is 1. The maximum atomic E-state index is 5.86. The van der Waals surface area contributed by atoms with Crippen LogP contribution in [0.4, 0.5) is 0 Å². The van der Waals surface area contributed by atoms with Gasteiger partial charge in [-0.05, 0) is 36.6 Å². The van der Waals surface area contributed by atoms with Crippen molar-refractivity contribution in [1.82, 2.24) is 15.5 Å². The summed E-state index contributed by atoms with van der Waals surface area (Å²) in [4.78, 5) is 0. The molecule has 0 saturated heterocycles. The van der Waals surface area contributed by atoms with Gasteiger partial charge in [-0.3, -0.25) is 0 Å². The molecule has 0 amide bonds. The van der Waals surface area contributed by atoms with Crippen molar-refractivity contribution in [2.75, 3.05) is 6.54 Å². The van der Waals surface area contributed by atoms with Gasteiger partial charge in [0.05, 0.1) is 5.69 Å². The monoisotopic (exact) mass is 285 g/mol. The van der Waals surface area contributed by atoms with Gasteiger partial charge in [-0.25, -0.2) is 0 Å².